The molecule has 0 radical (unpaired) electrons. The van der Waals surface area contributed by atoms with Gasteiger partial charge in [-0.25, -0.2) is 14.4 Å². The highest BCUT2D eigenvalue weighted by Crippen LogP contribution is 2.18. The van der Waals surface area contributed by atoms with Crippen molar-refractivity contribution in [3.63, 3.8) is 0 Å². The van der Waals surface area contributed by atoms with Crippen LogP contribution in [-0.2, 0) is 11.3 Å². The molecule has 4 aromatic rings. The van der Waals surface area contributed by atoms with Crippen LogP contribution in [0.1, 0.15) is 6.42 Å². The maximum Gasteiger partial charge on any atom is 0.261 e. The molecule has 0 unspecified atom stereocenters. The number of hydrogen-bond acceptors (Lipinski definition) is 4. The average Bonchev–Trinajstić information content (AvgIpc) is 3.16. The van der Waals surface area contributed by atoms with E-state index in [0.29, 0.717) is 16.6 Å². The van der Waals surface area contributed by atoms with E-state index in [0.717, 1.165) is 5.56 Å². The Hall–Kier alpha value is -3.81. The van der Waals surface area contributed by atoms with Crippen molar-refractivity contribution < 1.29 is 9.18 Å². The fraction of sp³-hybridized carbons (Fsp3) is 0.100. The number of fused-ring (bicyclic) bond motifs is 1. The van der Waals surface area contributed by atoms with Crippen LogP contribution < -0.4 is 10.9 Å². The SMILES string of the molecule is O=C(CCn1cnc2ccccc2c1=O)Nc1ncc(-c2ccc(F)cc2)[nH]1. The number of anilines is 1. The standard InChI is InChI=1S/C20H16FN5O2/c21-14-7-5-13(6-8-14)17-11-22-20(24-17)25-18(27)9-10-26-12-23-16-4-2-1-3-15(16)19(26)28/h1-8,11-12H,9-10H2,(H2,22,24,25,27). The molecule has 0 bridgehead atoms. The monoisotopic (exact) mass is 377 g/mol. The minimum atomic E-state index is -0.324. The number of benzene rings is 2. The van der Waals surface area contributed by atoms with Gasteiger partial charge in [0.25, 0.3) is 5.56 Å². The molecule has 2 aromatic heterocycles. The number of carbonyl (C=O) groups excluding carboxylic acids is 1. The van der Waals surface area contributed by atoms with Crippen LogP contribution in [0.3, 0.4) is 0 Å². The number of rotatable bonds is 5. The van der Waals surface area contributed by atoms with Gasteiger partial charge < -0.3 is 4.98 Å². The fourth-order valence-corrected chi connectivity index (χ4v) is 2.84. The lowest BCUT2D eigenvalue weighted by atomic mass is 10.2. The van der Waals surface area contributed by atoms with Gasteiger partial charge in [-0.2, -0.15) is 0 Å². The van der Waals surface area contributed by atoms with Gasteiger partial charge in [-0.05, 0) is 42.0 Å². The number of H-pyrrole nitrogens is 1. The zero-order chi connectivity index (χ0) is 19.5. The maximum atomic E-state index is 13.0. The summed E-state index contributed by atoms with van der Waals surface area (Å²) in [6, 6.07) is 13.0. The summed E-state index contributed by atoms with van der Waals surface area (Å²) < 4.78 is 14.4. The highest BCUT2D eigenvalue weighted by molar-refractivity contribution is 5.89. The van der Waals surface area contributed by atoms with Gasteiger partial charge in [-0.1, -0.05) is 12.1 Å². The van der Waals surface area contributed by atoms with Crippen molar-refractivity contribution >= 4 is 22.8 Å². The topological polar surface area (TPSA) is 92.7 Å². The molecule has 0 atom stereocenters. The third-order valence-corrected chi connectivity index (χ3v) is 4.30. The smallest absolute Gasteiger partial charge is 0.261 e. The lowest BCUT2D eigenvalue weighted by Crippen LogP contribution is -2.23. The summed E-state index contributed by atoms with van der Waals surface area (Å²) in [5.41, 5.74) is 1.85. The number of amides is 1. The number of aryl methyl sites for hydroxylation is 1. The molecule has 0 spiro atoms. The van der Waals surface area contributed by atoms with E-state index >= 15 is 0 Å². The number of nitrogens with one attached hydrogen (secondary N) is 2. The van der Waals surface area contributed by atoms with Gasteiger partial charge >= 0.3 is 0 Å². The molecule has 0 aliphatic rings. The van der Waals surface area contributed by atoms with E-state index in [9.17, 15) is 14.0 Å². The predicted octanol–water partition coefficient (Wildman–Crippen LogP) is 2.95. The Morgan fingerprint density at radius 1 is 1.11 bits per heavy atom. The highest BCUT2D eigenvalue weighted by Gasteiger charge is 2.09. The van der Waals surface area contributed by atoms with Crippen LogP contribution in [0.25, 0.3) is 22.2 Å². The number of para-hydroxylation sites is 1. The molecule has 2 aromatic carbocycles. The van der Waals surface area contributed by atoms with E-state index in [1.165, 1.54) is 23.0 Å². The van der Waals surface area contributed by atoms with Crippen molar-refractivity contribution in [2.75, 3.05) is 5.32 Å². The van der Waals surface area contributed by atoms with Gasteiger partial charge in [0.2, 0.25) is 11.9 Å². The van der Waals surface area contributed by atoms with Crippen LogP contribution in [0.15, 0.2) is 65.8 Å². The van der Waals surface area contributed by atoms with E-state index in [4.69, 9.17) is 0 Å². The van der Waals surface area contributed by atoms with Crippen LogP contribution in [-0.4, -0.2) is 25.4 Å². The molecule has 0 fully saturated rings. The van der Waals surface area contributed by atoms with Crippen LogP contribution in [0.5, 0.6) is 0 Å². The minimum absolute atomic E-state index is 0.0898. The van der Waals surface area contributed by atoms with Gasteiger partial charge in [0.1, 0.15) is 5.82 Å². The number of imidazole rings is 1. The molecule has 1 amide bonds. The Labute approximate surface area is 158 Å². The van der Waals surface area contributed by atoms with Crippen LogP contribution >= 0.6 is 0 Å². The molecule has 2 heterocycles. The van der Waals surface area contributed by atoms with E-state index < -0.39 is 0 Å². The van der Waals surface area contributed by atoms with E-state index in [1.807, 2.05) is 6.07 Å². The van der Waals surface area contributed by atoms with Crippen LogP contribution in [0.2, 0.25) is 0 Å². The number of aromatic amines is 1. The summed E-state index contributed by atoms with van der Waals surface area (Å²) in [6.45, 7) is 0.202. The normalized spacial score (nSPS) is 10.9. The number of hydrogen-bond donors (Lipinski definition) is 2. The Morgan fingerprint density at radius 3 is 2.71 bits per heavy atom. The molecular weight excluding hydrogens is 361 g/mol. The summed E-state index contributed by atoms with van der Waals surface area (Å²) in [5.74, 6) is -0.330. The maximum absolute atomic E-state index is 13.0. The molecular formula is C20H16FN5O2. The van der Waals surface area contributed by atoms with Crippen molar-refractivity contribution in [2.24, 2.45) is 0 Å². The van der Waals surface area contributed by atoms with Gasteiger partial charge in [-0.15, -0.1) is 0 Å². The summed E-state index contributed by atoms with van der Waals surface area (Å²) in [4.78, 5) is 35.9. The molecule has 7 nitrogen and oxygen atoms in total. The fourth-order valence-electron chi connectivity index (χ4n) is 2.84. The number of halogens is 1. The highest BCUT2D eigenvalue weighted by atomic mass is 19.1. The molecule has 0 aliphatic carbocycles. The molecule has 28 heavy (non-hydrogen) atoms. The molecule has 0 saturated carbocycles. The first kappa shape index (κ1) is 17.6. The lowest BCUT2D eigenvalue weighted by Gasteiger charge is -2.06. The van der Waals surface area contributed by atoms with Crippen molar-refractivity contribution in [3.05, 3.63) is 77.2 Å². The predicted molar refractivity (Wildman–Crippen MR) is 103 cm³/mol. The number of nitrogens with zero attached hydrogens (tertiary/aromatic N) is 3. The summed E-state index contributed by atoms with van der Waals surface area (Å²) >= 11 is 0. The first-order valence-corrected chi connectivity index (χ1v) is 8.65. The third-order valence-electron chi connectivity index (χ3n) is 4.30. The van der Waals surface area contributed by atoms with Crippen molar-refractivity contribution in [1.29, 1.82) is 0 Å². The number of aromatic nitrogens is 4. The van der Waals surface area contributed by atoms with E-state index in [2.05, 4.69) is 20.3 Å². The molecule has 0 saturated heterocycles. The second-order valence-electron chi connectivity index (χ2n) is 6.21. The zero-order valence-electron chi connectivity index (χ0n) is 14.7. The molecule has 2 N–H and O–H groups in total. The molecule has 4 rings (SSSR count). The van der Waals surface area contributed by atoms with Gasteiger partial charge in [0, 0.05) is 13.0 Å². The van der Waals surface area contributed by atoms with E-state index in [1.54, 1.807) is 36.5 Å². The van der Waals surface area contributed by atoms with Gasteiger partial charge in [-0.3, -0.25) is 19.5 Å². The molecule has 8 heteroatoms. The van der Waals surface area contributed by atoms with Crippen molar-refractivity contribution in [2.45, 2.75) is 13.0 Å². The molecule has 0 aliphatic heterocycles. The van der Waals surface area contributed by atoms with Crippen LogP contribution in [0.4, 0.5) is 10.3 Å². The van der Waals surface area contributed by atoms with E-state index in [-0.39, 0.29) is 36.2 Å². The minimum Gasteiger partial charge on any atom is -0.324 e. The Bertz CT molecular complexity index is 1200. The first-order chi connectivity index (χ1) is 13.6. The van der Waals surface area contributed by atoms with Crippen LogP contribution in [0, 0.1) is 5.82 Å². The Balaban J connectivity index is 1.41. The second-order valence-corrected chi connectivity index (χ2v) is 6.21. The third kappa shape index (κ3) is 3.66. The first-order valence-electron chi connectivity index (χ1n) is 8.65. The van der Waals surface area contributed by atoms with Crippen molar-refractivity contribution in [1.82, 2.24) is 19.5 Å². The van der Waals surface area contributed by atoms with Crippen molar-refractivity contribution in [3.8, 4) is 11.3 Å². The Morgan fingerprint density at radius 2 is 1.89 bits per heavy atom. The average molecular weight is 377 g/mol. The lowest BCUT2D eigenvalue weighted by molar-refractivity contribution is -0.116. The summed E-state index contributed by atoms with van der Waals surface area (Å²) in [6.07, 6.45) is 3.09. The zero-order valence-corrected chi connectivity index (χ0v) is 14.7. The largest absolute Gasteiger partial charge is 0.324 e. The number of carbonyl (C=O) groups is 1. The van der Waals surface area contributed by atoms with Gasteiger partial charge in [0.15, 0.2) is 0 Å². The second kappa shape index (κ2) is 7.43. The Kier molecular flexibility index (Phi) is 4.67. The quantitative estimate of drug-likeness (QED) is 0.559. The summed E-state index contributed by atoms with van der Waals surface area (Å²) in [7, 11) is 0. The van der Waals surface area contributed by atoms with Gasteiger partial charge in [0.05, 0.1) is 29.1 Å². The molecule has 140 valence electrons. The summed E-state index contributed by atoms with van der Waals surface area (Å²) in [5, 5.41) is 3.17.